The molecule has 4 heteroatoms. The third-order valence-electron chi connectivity index (χ3n) is 2.91. The number of benzene rings is 2. The minimum atomic E-state index is -0.960. The molecule has 0 unspecified atom stereocenters. The lowest BCUT2D eigenvalue weighted by atomic mass is 10.1. The van der Waals surface area contributed by atoms with Gasteiger partial charge in [-0.15, -0.1) is 11.8 Å². The largest absolute Gasteiger partial charge is 0.489 e. The summed E-state index contributed by atoms with van der Waals surface area (Å²) in [7, 11) is 0. The second-order valence-corrected chi connectivity index (χ2v) is 5.21. The lowest BCUT2D eigenvalue weighted by molar-refractivity contribution is -0.131. The molecule has 2 aromatic carbocycles. The smallest absolute Gasteiger partial charge is 0.328 e. The van der Waals surface area contributed by atoms with Crippen LogP contribution in [0.3, 0.4) is 0 Å². The molecule has 0 bridgehead atoms. The Bertz CT molecular complexity index is 633. The maximum atomic E-state index is 10.6. The third kappa shape index (κ3) is 4.68. The Hall–Kier alpha value is -2.20. The van der Waals surface area contributed by atoms with Crippen LogP contribution in [0, 0.1) is 0 Å². The fourth-order valence-corrected chi connectivity index (χ4v) is 2.23. The van der Waals surface area contributed by atoms with E-state index < -0.39 is 5.97 Å². The monoisotopic (exact) mass is 300 g/mol. The zero-order valence-corrected chi connectivity index (χ0v) is 12.5. The highest BCUT2D eigenvalue weighted by Crippen LogP contribution is 2.20. The molecule has 0 radical (unpaired) electrons. The van der Waals surface area contributed by atoms with Gasteiger partial charge in [0, 0.05) is 11.0 Å². The van der Waals surface area contributed by atoms with Crippen LogP contribution >= 0.6 is 11.8 Å². The van der Waals surface area contributed by atoms with Gasteiger partial charge < -0.3 is 9.84 Å². The molecule has 0 aliphatic rings. The number of carbonyl (C=O) groups is 1. The molecule has 1 N–H and O–H groups in total. The standard InChI is InChI=1S/C17H16O3S/c1-21-16-9-7-15(8-10-16)20-12-14-5-3-2-4-13(14)6-11-17(18)19/h2-11H,12H2,1H3,(H,18,19). The lowest BCUT2D eigenvalue weighted by Crippen LogP contribution is -1.98. The first-order valence-corrected chi connectivity index (χ1v) is 7.67. The summed E-state index contributed by atoms with van der Waals surface area (Å²) in [6, 6.07) is 15.5. The van der Waals surface area contributed by atoms with E-state index in [1.54, 1.807) is 17.8 Å². The molecule has 21 heavy (non-hydrogen) atoms. The van der Waals surface area contributed by atoms with E-state index in [9.17, 15) is 4.79 Å². The van der Waals surface area contributed by atoms with Gasteiger partial charge >= 0.3 is 5.97 Å². The molecule has 0 aromatic heterocycles. The van der Waals surface area contributed by atoms with Crippen LogP contribution in [0.25, 0.3) is 6.08 Å². The van der Waals surface area contributed by atoms with Crippen molar-refractivity contribution in [2.45, 2.75) is 11.5 Å². The SMILES string of the molecule is CSc1ccc(OCc2ccccc2C=CC(=O)O)cc1. The van der Waals surface area contributed by atoms with Crippen molar-refractivity contribution in [3.8, 4) is 5.75 Å². The van der Waals surface area contributed by atoms with E-state index in [1.165, 1.54) is 4.90 Å². The summed E-state index contributed by atoms with van der Waals surface area (Å²) >= 11 is 1.68. The number of thioether (sulfide) groups is 1. The van der Waals surface area contributed by atoms with Gasteiger partial charge in [-0.1, -0.05) is 24.3 Å². The van der Waals surface area contributed by atoms with Gasteiger partial charge in [0.2, 0.25) is 0 Å². The van der Waals surface area contributed by atoms with Gasteiger partial charge in [-0.2, -0.15) is 0 Å². The van der Waals surface area contributed by atoms with Crippen LogP contribution in [0.5, 0.6) is 5.75 Å². The highest BCUT2D eigenvalue weighted by molar-refractivity contribution is 7.98. The molecule has 0 atom stereocenters. The van der Waals surface area contributed by atoms with E-state index in [0.29, 0.717) is 6.61 Å². The Morgan fingerprint density at radius 1 is 1.19 bits per heavy atom. The molecule has 2 rings (SSSR count). The fourth-order valence-electron chi connectivity index (χ4n) is 1.82. The van der Waals surface area contributed by atoms with Crippen molar-refractivity contribution in [2.75, 3.05) is 6.26 Å². The number of carboxylic acids is 1. The molecule has 0 aliphatic heterocycles. The molecule has 0 fully saturated rings. The Morgan fingerprint density at radius 2 is 1.90 bits per heavy atom. The Kier molecular flexibility index (Phi) is 5.46. The summed E-state index contributed by atoms with van der Waals surface area (Å²) in [6.45, 7) is 0.402. The fraction of sp³-hybridized carbons (Fsp3) is 0.118. The number of hydrogen-bond acceptors (Lipinski definition) is 3. The number of carboxylic acid groups (broad SMARTS) is 1. The molecule has 0 aliphatic carbocycles. The summed E-state index contributed by atoms with van der Waals surface area (Å²) in [5.41, 5.74) is 1.80. The number of hydrogen-bond donors (Lipinski definition) is 1. The van der Waals surface area contributed by atoms with Crippen molar-refractivity contribution >= 4 is 23.8 Å². The Balaban J connectivity index is 2.07. The van der Waals surface area contributed by atoms with Gasteiger partial charge in [0.05, 0.1) is 0 Å². The van der Waals surface area contributed by atoms with Crippen LogP contribution in [0.15, 0.2) is 59.5 Å². The van der Waals surface area contributed by atoms with Gasteiger partial charge in [0.25, 0.3) is 0 Å². The second-order valence-electron chi connectivity index (χ2n) is 4.33. The number of ether oxygens (including phenoxy) is 1. The predicted molar refractivity (Wildman–Crippen MR) is 85.7 cm³/mol. The van der Waals surface area contributed by atoms with Gasteiger partial charge in [0.15, 0.2) is 0 Å². The molecule has 0 saturated carbocycles. The van der Waals surface area contributed by atoms with Gasteiger partial charge in [-0.3, -0.25) is 0 Å². The molecule has 108 valence electrons. The summed E-state index contributed by atoms with van der Waals surface area (Å²) in [6.07, 6.45) is 4.74. The number of aliphatic carboxylic acids is 1. The molecule has 0 heterocycles. The molecule has 0 spiro atoms. The quantitative estimate of drug-likeness (QED) is 0.645. The van der Waals surface area contributed by atoms with Crippen molar-refractivity contribution in [2.24, 2.45) is 0 Å². The van der Waals surface area contributed by atoms with Crippen LogP contribution in [-0.4, -0.2) is 17.3 Å². The topological polar surface area (TPSA) is 46.5 Å². The van der Waals surface area contributed by atoms with Crippen molar-refractivity contribution < 1.29 is 14.6 Å². The average molecular weight is 300 g/mol. The van der Waals surface area contributed by atoms with E-state index in [1.807, 2.05) is 54.8 Å². The zero-order valence-electron chi connectivity index (χ0n) is 11.7. The van der Waals surface area contributed by atoms with Gasteiger partial charge in [-0.25, -0.2) is 4.79 Å². The first-order valence-electron chi connectivity index (χ1n) is 6.45. The molecule has 2 aromatic rings. The maximum Gasteiger partial charge on any atom is 0.328 e. The van der Waals surface area contributed by atoms with Crippen LogP contribution in [-0.2, 0) is 11.4 Å². The lowest BCUT2D eigenvalue weighted by Gasteiger charge is -2.09. The highest BCUT2D eigenvalue weighted by atomic mass is 32.2. The van der Waals surface area contributed by atoms with Crippen molar-refractivity contribution in [3.63, 3.8) is 0 Å². The molecular formula is C17H16O3S. The van der Waals surface area contributed by atoms with E-state index in [0.717, 1.165) is 23.0 Å². The van der Waals surface area contributed by atoms with Crippen LogP contribution in [0.2, 0.25) is 0 Å². The predicted octanol–water partition coefficient (Wildman–Crippen LogP) is 4.09. The zero-order chi connectivity index (χ0) is 15.1. The second kappa shape index (κ2) is 7.55. The number of rotatable bonds is 6. The van der Waals surface area contributed by atoms with Crippen molar-refractivity contribution in [1.82, 2.24) is 0 Å². The molecule has 0 saturated heterocycles. The summed E-state index contributed by atoms with van der Waals surface area (Å²) in [5, 5.41) is 8.70. The van der Waals surface area contributed by atoms with Crippen LogP contribution in [0.4, 0.5) is 0 Å². The highest BCUT2D eigenvalue weighted by Gasteiger charge is 2.01. The molecular weight excluding hydrogens is 284 g/mol. The first kappa shape index (κ1) is 15.2. The Labute approximate surface area is 128 Å². The Morgan fingerprint density at radius 3 is 2.57 bits per heavy atom. The summed E-state index contributed by atoms with van der Waals surface area (Å²) < 4.78 is 5.75. The average Bonchev–Trinajstić information content (AvgIpc) is 2.52. The first-order chi connectivity index (χ1) is 10.2. The van der Waals surface area contributed by atoms with Gasteiger partial charge in [-0.05, 0) is 47.7 Å². The van der Waals surface area contributed by atoms with Crippen molar-refractivity contribution in [1.29, 1.82) is 0 Å². The van der Waals surface area contributed by atoms with E-state index in [2.05, 4.69) is 0 Å². The summed E-state index contributed by atoms with van der Waals surface area (Å²) in [4.78, 5) is 11.8. The molecule has 3 nitrogen and oxygen atoms in total. The van der Waals surface area contributed by atoms with E-state index >= 15 is 0 Å². The van der Waals surface area contributed by atoms with E-state index in [4.69, 9.17) is 9.84 Å². The molecule has 0 amide bonds. The van der Waals surface area contributed by atoms with E-state index in [-0.39, 0.29) is 0 Å². The minimum absolute atomic E-state index is 0.402. The van der Waals surface area contributed by atoms with Crippen LogP contribution in [0.1, 0.15) is 11.1 Å². The maximum absolute atomic E-state index is 10.6. The normalized spacial score (nSPS) is 10.7. The summed E-state index contributed by atoms with van der Waals surface area (Å²) in [5.74, 6) is -0.164. The minimum Gasteiger partial charge on any atom is -0.489 e. The van der Waals surface area contributed by atoms with Gasteiger partial charge in [0.1, 0.15) is 12.4 Å². The third-order valence-corrected chi connectivity index (χ3v) is 3.66. The van der Waals surface area contributed by atoms with Crippen LogP contribution < -0.4 is 4.74 Å². The van der Waals surface area contributed by atoms with Crippen molar-refractivity contribution in [3.05, 3.63) is 65.7 Å².